The van der Waals surface area contributed by atoms with Gasteiger partial charge in [0, 0.05) is 5.75 Å². The normalized spacial score (nSPS) is 20.6. The maximum Gasteiger partial charge on any atom is 0.322 e. The Morgan fingerprint density at radius 2 is 1.86 bits per heavy atom. The summed E-state index contributed by atoms with van der Waals surface area (Å²) in [4.78, 5) is 11.3. The van der Waals surface area contributed by atoms with Crippen LogP contribution in [-0.4, -0.2) is 41.5 Å². The third-order valence-electron chi connectivity index (χ3n) is 3.45. The van der Waals surface area contributed by atoms with E-state index in [0.717, 1.165) is 9.87 Å². The SMILES string of the molecule is CC(C)(C)c1ccc(S(=O)(=O)N2CSCC2C(=O)O)cc1. The van der Waals surface area contributed by atoms with Gasteiger partial charge in [-0.15, -0.1) is 11.8 Å². The average molecular weight is 329 g/mol. The van der Waals surface area contributed by atoms with Crippen LogP contribution in [0.3, 0.4) is 0 Å². The monoisotopic (exact) mass is 329 g/mol. The Morgan fingerprint density at radius 3 is 2.33 bits per heavy atom. The summed E-state index contributed by atoms with van der Waals surface area (Å²) >= 11 is 1.31. The van der Waals surface area contributed by atoms with Crippen molar-refractivity contribution in [2.45, 2.75) is 37.1 Å². The second-order valence-corrected chi connectivity index (χ2v) is 8.91. The number of rotatable bonds is 3. The molecule has 0 radical (unpaired) electrons. The molecule has 0 amide bonds. The van der Waals surface area contributed by atoms with Crippen LogP contribution in [0.5, 0.6) is 0 Å². The molecule has 1 saturated heterocycles. The van der Waals surface area contributed by atoms with E-state index in [-0.39, 0.29) is 21.9 Å². The predicted molar refractivity (Wildman–Crippen MR) is 82.9 cm³/mol. The van der Waals surface area contributed by atoms with Crippen LogP contribution in [0.1, 0.15) is 26.3 Å². The molecule has 2 rings (SSSR count). The summed E-state index contributed by atoms with van der Waals surface area (Å²) in [7, 11) is -3.76. The number of carboxylic acids is 1. The Balaban J connectivity index is 2.34. The van der Waals surface area contributed by atoms with E-state index in [0.29, 0.717) is 0 Å². The van der Waals surface area contributed by atoms with Crippen molar-refractivity contribution < 1.29 is 18.3 Å². The minimum atomic E-state index is -3.76. The maximum absolute atomic E-state index is 12.6. The van der Waals surface area contributed by atoms with E-state index in [2.05, 4.69) is 0 Å². The lowest BCUT2D eigenvalue weighted by atomic mass is 9.87. The van der Waals surface area contributed by atoms with E-state index in [1.165, 1.54) is 11.8 Å². The zero-order chi connectivity index (χ0) is 15.8. The Bertz CT molecular complexity index is 632. The topological polar surface area (TPSA) is 74.7 Å². The number of carbonyl (C=O) groups is 1. The molecule has 7 heteroatoms. The van der Waals surface area contributed by atoms with Crippen molar-refractivity contribution in [2.24, 2.45) is 0 Å². The average Bonchev–Trinajstić information content (AvgIpc) is 2.88. The molecule has 1 aliphatic heterocycles. The van der Waals surface area contributed by atoms with E-state index >= 15 is 0 Å². The third-order valence-corrected chi connectivity index (χ3v) is 6.50. The molecular formula is C14H19NO4S2. The first-order chi connectivity index (χ1) is 9.64. The summed E-state index contributed by atoms with van der Waals surface area (Å²) in [6.45, 7) is 6.15. The summed E-state index contributed by atoms with van der Waals surface area (Å²) < 4.78 is 26.2. The van der Waals surface area contributed by atoms with Gasteiger partial charge in [0.15, 0.2) is 0 Å². The number of sulfonamides is 1. The number of hydrogen-bond acceptors (Lipinski definition) is 4. The second-order valence-electron chi connectivity index (χ2n) is 6.02. The summed E-state index contributed by atoms with van der Waals surface area (Å²) in [5, 5.41) is 9.13. The van der Waals surface area contributed by atoms with Crippen molar-refractivity contribution in [3.8, 4) is 0 Å². The van der Waals surface area contributed by atoms with Crippen LogP contribution in [0.15, 0.2) is 29.2 Å². The minimum absolute atomic E-state index is 0.0601. The number of aliphatic carboxylic acids is 1. The van der Waals surface area contributed by atoms with Crippen LogP contribution < -0.4 is 0 Å². The van der Waals surface area contributed by atoms with Gasteiger partial charge in [-0.1, -0.05) is 32.9 Å². The fraction of sp³-hybridized carbons (Fsp3) is 0.500. The fourth-order valence-electron chi connectivity index (χ4n) is 2.12. The highest BCUT2D eigenvalue weighted by atomic mass is 32.2. The van der Waals surface area contributed by atoms with Gasteiger partial charge in [-0.2, -0.15) is 4.31 Å². The molecule has 5 nitrogen and oxygen atoms in total. The molecule has 1 aliphatic rings. The van der Waals surface area contributed by atoms with Crippen LogP contribution in [0.25, 0.3) is 0 Å². The molecule has 116 valence electrons. The molecule has 0 aromatic heterocycles. The standard InChI is InChI=1S/C14H19NO4S2/c1-14(2,3)10-4-6-11(7-5-10)21(18,19)15-9-20-8-12(15)13(16)17/h4-7,12H,8-9H2,1-3H3,(H,16,17). The molecule has 0 spiro atoms. The summed E-state index contributed by atoms with van der Waals surface area (Å²) in [6.07, 6.45) is 0. The zero-order valence-electron chi connectivity index (χ0n) is 12.2. The van der Waals surface area contributed by atoms with Crippen molar-refractivity contribution in [3.63, 3.8) is 0 Å². The molecule has 1 aromatic rings. The first kappa shape index (κ1) is 16.3. The molecule has 0 aliphatic carbocycles. The predicted octanol–water partition coefficient (Wildman–Crippen LogP) is 2.13. The number of thioether (sulfide) groups is 1. The van der Waals surface area contributed by atoms with E-state index in [4.69, 9.17) is 5.11 Å². The van der Waals surface area contributed by atoms with Gasteiger partial charge in [-0.05, 0) is 23.1 Å². The molecular weight excluding hydrogens is 310 g/mol. The summed E-state index contributed by atoms with van der Waals surface area (Å²) in [6, 6.07) is 5.69. The molecule has 1 heterocycles. The molecule has 1 fully saturated rings. The van der Waals surface area contributed by atoms with Crippen molar-refractivity contribution in [1.29, 1.82) is 0 Å². The van der Waals surface area contributed by atoms with Crippen LogP contribution >= 0.6 is 11.8 Å². The minimum Gasteiger partial charge on any atom is -0.480 e. The van der Waals surface area contributed by atoms with Gasteiger partial charge in [-0.25, -0.2) is 8.42 Å². The van der Waals surface area contributed by atoms with Crippen molar-refractivity contribution in [3.05, 3.63) is 29.8 Å². The number of nitrogens with zero attached hydrogens (tertiary/aromatic N) is 1. The van der Waals surface area contributed by atoms with Gasteiger partial charge < -0.3 is 5.11 Å². The molecule has 0 saturated carbocycles. The van der Waals surface area contributed by atoms with Gasteiger partial charge in [0.25, 0.3) is 0 Å². The molecule has 1 aromatic carbocycles. The Kier molecular flexibility index (Phi) is 4.37. The van der Waals surface area contributed by atoms with Crippen molar-refractivity contribution >= 4 is 27.8 Å². The van der Waals surface area contributed by atoms with Gasteiger partial charge in [0.1, 0.15) is 6.04 Å². The highest BCUT2D eigenvalue weighted by molar-refractivity contribution is 8.00. The summed E-state index contributed by atoms with van der Waals surface area (Å²) in [5.41, 5.74) is 0.974. The molecule has 1 atom stereocenters. The molecule has 0 bridgehead atoms. The first-order valence-electron chi connectivity index (χ1n) is 6.57. The van der Waals surface area contributed by atoms with Crippen LogP contribution in [0.4, 0.5) is 0 Å². The number of benzene rings is 1. The van der Waals surface area contributed by atoms with E-state index in [9.17, 15) is 13.2 Å². The van der Waals surface area contributed by atoms with E-state index in [1.54, 1.807) is 24.3 Å². The number of carboxylic acid groups (broad SMARTS) is 1. The van der Waals surface area contributed by atoms with Crippen LogP contribution in [-0.2, 0) is 20.2 Å². The van der Waals surface area contributed by atoms with E-state index in [1.807, 2.05) is 20.8 Å². The van der Waals surface area contributed by atoms with Crippen molar-refractivity contribution in [2.75, 3.05) is 11.6 Å². The quantitative estimate of drug-likeness (QED) is 0.919. The Morgan fingerprint density at radius 1 is 1.29 bits per heavy atom. The van der Waals surface area contributed by atoms with Gasteiger partial charge in [0.2, 0.25) is 10.0 Å². The largest absolute Gasteiger partial charge is 0.480 e. The Labute approximate surface area is 129 Å². The molecule has 1 N–H and O–H groups in total. The lowest BCUT2D eigenvalue weighted by molar-refractivity contribution is -0.140. The van der Waals surface area contributed by atoms with Crippen LogP contribution in [0.2, 0.25) is 0 Å². The maximum atomic E-state index is 12.6. The second kappa shape index (κ2) is 5.62. The third kappa shape index (κ3) is 3.25. The van der Waals surface area contributed by atoms with Gasteiger partial charge in [-0.3, -0.25) is 4.79 Å². The summed E-state index contributed by atoms with van der Waals surface area (Å²) in [5.74, 6) is -0.635. The van der Waals surface area contributed by atoms with Gasteiger partial charge in [0.05, 0.1) is 10.8 Å². The fourth-order valence-corrected chi connectivity index (χ4v) is 5.26. The lowest BCUT2D eigenvalue weighted by Crippen LogP contribution is -2.41. The highest BCUT2D eigenvalue weighted by Gasteiger charge is 2.40. The molecule has 1 unspecified atom stereocenters. The molecule has 21 heavy (non-hydrogen) atoms. The Hall–Kier alpha value is -1.05. The van der Waals surface area contributed by atoms with Crippen molar-refractivity contribution in [1.82, 2.24) is 4.31 Å². The first-order valence-corrected chi connectivity index (χ1v) is 9.16. The van der Waals surface area contributed by atoms with Gasteiger partial charge >= 0.3 is 5.97 Å². The number of hydrogen-bond donors (Lipinski definition) is 1. The zero-order valence-corrected chi connectivity index (χ0v) is 13.9. The van der Waals surface area contributed by atoms with E-state index < -0.39 is 22.0 Å². The van der Waals surface area contributed by atoms with Crippen LogP contribution in [0, 0.1) is 0 Å². The smallest absolute Gasteiger partial charge is 0.322 e. The highest BCUT2D eigenvalue weighted by Crippen LogP contribution is 2.30. The lowest BCUT2D eigenvalue weighted by Gasteiger charge is -2.22.